The lowest BCUT2D eigenvalue weighted by Gasteiger charge is -2.29. The number of hydrogen-bond acceptors (Lipinski definition) is 4. The van der Waals surface area contributed by atoms with Crippen molar-refractivity contribution in [1.82, 2.24) is 10.2 Å². The van der Waals surface area contributed by atoms with Crippen molar-refractivity contribution in [1.29, 1.82) is 0 Å². The summed E-state index contributed by atoms with van der Waals surface area (Å²) in [5, 5.41) is 2.31. The van der Waals surface area contributed by atoms with Crippen molar-refractivity contribution in [3.63, 3.8) is 0 Å². The van der Waals surface area contributed by atoms with Gasteiger partial charge in [-0.05, 0) is 23.5 Å². The number of rotatable bonds is 1. The van der Waals surface area contributed by atoms with Gasteiger partial charge in [0.1, 0.15) is 6.04 Å². The number of thiophene rings is 1. The van der Waals surface area contributed by atoms with Gasteiger partial charge in [0.15, 0.2) is 0 Å². The van der Waals surface area contributed by atoms with Gasteiger partial charge < -0.3 is 4.90 Å². The fourth-order valence-electron chi connectivity index (χ4n) is 2.71. The molecular formula is C15H18N2O3S. The summed E-state index contributed by atoms with van der Waals surface area (Å²) in [4.78, 5) is 39.2. The lowest BCUT2D eigenvalue weighted by molar-refractivity contribution is -0.136. The molecule has 1 atom stereocenters. The number of imide groups is 1. The van der Waals surface area contributed by atoms with Crippen LogP contribution < -0.4 is 5.32 Å². The summed E-state index contributed by atoms with van der Waals surface area (Å²) < 4.78 is 0. The number of nitrogens with zero attached hydrogens (tertiary/aromatic N) is 1. The van der Waals surface area contributed by atoms with Crippen LogP contribution in [0.25, 0.3) is 0 Å². The lowest BCUT2D eigenvalue weighted by atomic mass is 9.94. The molecule has 3 heterocycles. The Hall–Kier alpha value is -1.69. The van der Waals surface area contributed by atoms with Gasteiger partial charge in [-0.15, -0.1) is 11.3 Å². The largest absolute Gasteiger partial charge is 0.321 e. The van der Waals surface area contributed by atoms with E-state index < -0.39 is 6.04 Å². The summed E-state index contributed by atoms with van der Waals surface area (Å²) in [7, 11) is 0. The minimum Gasteiger partial charge on any atom is -0.321 e. The van der Waals surface area contributed by atoms with Crippen molar-refractivity contribution < 1.29 is 14.4 Å². The zero-order valence-electron chi connectivity index (χ0n) is 12.4. The van der Waals surface area contributed by atoms with Crippen LogP contribution in [0.4, 0.5) is 0 Å². The van der Waals surface area contributed by atoms with Gasteiger partial charge in [0.25, 0.3) is 5.91 Å². The van der Waals surface area contributed by atoms with Gasteiger partial charge in [0, 0.05) is 17.8 Å². The fourth-order valence-corrected chi connectivity index (χ4v) is 3.90. The van der Waals surface area contributed by atoms with E-state index in [9.17, 15) is 14.4 Å². The average molecular weight is 306 g/mol. The number of nitrogens with one attached hydrogen (secondary N) is 1. The van der Waals surface area contributed by atoms with Crippen LogP contribution in [0.1, 0.15) is 53.7 Å². The maximum atomic E-state index is 12.5. The number of fused-ring (bicyclic) bond motifs is 1. The molecular weight excluding hydrogens is 288 g/mol. The van der Waals surface area contributed by atoms with E-state index in [-0.39, 0.29) is 23.1 Å². The molecule has 1 N–H and O–H groups in total. The van der Waals surface area contributed by atoms with Crippen molar-refractivity contribution in [3.05, 3.63) is 21.4 Å². The molecule has 0 spiro atoms. The number of hydrogen-bond donors (Lipinski definition) is 1. The Morgan fingerprint density at radius 3 is 2.57 bits per heavy atom. The van der Waals surface area contributed by atoms with Gasteiger partial charge in [0.2, 0.25) is 11.8 Å². The Balaban J connectivity index is 1.83. The van der Waals surface area contributed by atoms with E-state index in [2.05, 4.69) is 32.2 Å². The highest BCUT2D eigenvalue weighted by Crippen LogP contribution is 2.38. The Morgan fingerprint density at radius 1 is 1.29 bits per heavy atom. The van der Waals surface area contributed by atoms with Crippen LogP contribution in [-0.4, -0.2) is 28.7 Å². The highest BCUT2D eigenvalue weighted by Gasteiger charge is 2.40. The van der Waals surface area contributed by atoms with Gasteiger partial charge >= 0.3 is 0 Å². The smallest absolute Gasteiger partial charge is 0.265 e. The van der Waals surface area contributed by atoms with E-state index in [1.807, 2.05) is 0 Å². The van der Waals surface area contributed by atoms with Gasteiger partial charge in [-0.25, -0.2) is 0 Å². The highest BCUT2D eigenvalue weighted by molar-refractivity contribution is 7.14. The third-order valence-corrected chi connectivity index (χ3v) is 5.52. The number of carbonyl (C=O) groups excluding carboxylic acids is 3. The molecule has 112 valence electrons. The minimum atomic E-state index is -0.520. The second-order valence-corrected chi connectivity index (χ2v) is 7.67. The molecule has 2 aliphatic rings. The van der Waals surface area contributed by atoms with Crippen LogP contribution in [0.5, 0.6) is 0 Å². The van der Waals surface area contributed by atoms with E-state index >= 15 is 0 Å². The monoisotopic (exact) mass is 306 g/mol. The molecule has 0 aliphatic carbocycles. The highest BCUT2D eigenvalue weighted by atomic mass is 32.1. The first-order valence-electron chi connectivity index (χ1n) is 7.05. The maximum Gasteiger partial charge on any atom is 0.265 e. The third kappa shape index (κ3) is 2.37. The maximum absolute atomic E-state index is 12.5. The van der Waals surface area contributed by atoms with E-state index in [4.69, 9.17) is 0 Å². The quantitative estimate of drug-likeness (QED) is 0.805. The van der Waals surface area contributed by atoms with Gasteiger partial charge in [-0.3, -0.25) is 19.7 Å². The van der Waals surface area contributed by atoms with Crippen LogP contribution in [0, 0.1) is 0 Å². The zero-order chi connectivity index (χ0) is 15.4. The normalized spacial score (nSPS) is 22.5. The molecule has 2 aliphatic heterocycles. The molecule has 1 unspecified atom stereocenters. The van der Waals surface area contributed by atoms with Crippen molar-refractivity contribution in [2.24, 2.45) is 0 Å². The molecule has 3 amide bonds. The molecule has 1 fully saturated rings. The molecule has 21 heavy (non-hydrogen) atoms. The first-order valence-corrected chi connectivity index (χ1v) is 7.87. The summed E-state index contributed by atoms with van der Waals surface area (Å²) in [6.45, 7) is 6.83. The van der Waals surface area contributed by atoms with E-state index in [1.54, 1.807) is 4.90 Å². The van der Waals surface area contributed by atoms with Crippen LogP contribution in [0.3, 0.4) is 0 Å². The lowest BCUT2D eigenvalue weighted by Crippen LogP contribution is -2.52. The SMILES string of the molecule is CC(C)(C)c1cc2c(s1)C(=O)N(C1CCC(=O)NC1=O)C2. The summed E-state index contributed by atoms with van der Waals surface area (Å²) >= 11 is 1.52. The van der Waals surface area contributed by atoms with E-state index in [0.717, 1.165) is 10.4 Å². The third-order valence-electron chi connectivity index (χ3n) is 3.93. The minimum absolute atomic E-state index is 0.0226. The number of carbonyl (C=O) groups is 3. The molecule has 1 aromatic heterocycles. The Labute approximate surface area is 127 Å². The summed E-state index contributed by atoms with van der Waals surface area (Å²) in [5.41, 5.74) is 1.02. The standard InChI is InChI=1S/C15H18N2O3S/c1-15(2,3)10-6-8-7-17(14(20)12(8)21-10)9-4-5-11(18)16-13(9)19/h6,9H,4-5,7H2,1-3H3,(H,16,18,19). The predicted octanol–water partition coefficient (Wildman–Crippen LogP) is 1.81. The molecule has 1 saturated heterocycles. The molecule has 0 radical (unpaired) electrons. The topological polar surface area (TPSA) is 66.5 Å². The molecule has 0 aromatic carbocycles. The van der Waals surface area contributed by atoms with Crippen molar-refractivity contribution in [2.75, 3.05) is 0 Å². The van der Waals surface area contributed by atoms with Gasteiger partial charge in [0.05, 0.1) is 4.88 Å². The van der Waals surface area contributed by atoms with Gasteiger partial charge in [-0.1, -0.05) is 20.8 Å². The predicted molar refractivity (Wildman–Crippen MR) is 79.1 cm³/mol. The summed E-state index contributed by atoms with van der Waals surface area (Å²) in [6.07, 6.45) is 0.707. The van der Waals surface area contributed by atoms with Crippen molar-refractivity contribution in [2.45, 2.75) is 51.6 Å². The van der Waals surface area contributed by atoms with Crippen LogP contribution in [0.15, 0.2) is 6.07 Å². The Bertz CT molecular complexity index is 642. The van der Waals surface area contributed by atoms with E-state index in [1.165, 1.54) is 16.2 Å². The molecule has 1 aromatic rings. The second-order valence-electron chi connectivity index (χ2n) is 6.61. The summed E-state index contributed by atoms with van der Waals surface area (Å²) in [5.74, 6) is -0.696. The molecule has 6 heteroatoms. The average Bonchev–Trinajstić information content (AvgIpc) is 2.90. The Kier molecular flexibility index (Phi) is 3.16. The number of piperidine rings is 1. The first kappa shape index (κ1) is 14.3. The fraction of sp³-hybridized carbons (Fsp3) is 0.533. The van der Waals surface area contributed by atoms with Crippen molar-refractivity contribution in [3.8, 4) is 0 Å². The zero-order valence-corrected chi connectivity index (χ0v) is 13.2. The first-order chi connectivity index (χ1) is 9.77. The van der Waals surface area contributed by atoms with Gasteiger partial charge in [-0.2, -0.15) is 0 Å². The summed E-state index contributed by atoms with van der Waals surface area (Å²) in [6, 6.07) is 1.55. The van der Waals surface area contributed by atoms with E-state index in [0.29, 0.717) is 19.4 Å². The molecule has 5 nitrogen and oxygen atoms in total. The second kappa shape index (κ2) is 4.66. The van der Waals surface area contributed by atoms with Crippen LogP contribution in [-0.2, 0) is 21.5 Å². The molecule has 0 bridgehead atoms. The Morgan fingerprint density at radius 2 is 2.00 bits per heavy atom. The van der Waals surface area contributed by atoms with Crippen LogP contribution in [0.2, 0.25) is 0 Å². The number of amides is 3. The molecule has 3 rings (SSSR count). The van der Waals surface area contributed by atoms with Crippen LogP contribution >= 0.6 is 11.3 Å². The van der Waals surface area contributed by atoms with Crippen molar-refractivity contribution >= 4 is 29.1 Å². The molecule has 0 saturated carbocycles.